The Kier molecular flexibility index (Phi) is 4.54. The van der Waals surface area contributed by atoms with Gasteiger partial charge in [0.25, 0.3) is 0 Å². The van der Waals surface area contributed by atoms with Crippen LogP contribution in [0.2, 0.25) is 0 Å². The molecule has 19 heavy (non-hydrogen) atoms. The van der Waals surface area contributed by atoms with Crippen molar-refractivity contribution in [1.82, 2.24) is 0 Å². The van der Waals surface area contributed by atoms with Crippen LogP contribution in [0.25, 0.3) is 0 Å². The van der Waals surface area contributed by atoms with E-state index in [0.717, 1.165) is 38.2 Å². The predicted molar refractivity (Wildman–Crippen MR) is 70.7 cm³/mol. The molecule has 2 rings (SSSR count). The van der Waals surface area contributed by atoms with Crippen LogP contribution in [0.15, 0.2) is 6.07 Å². The summed E-state index contributed by atoms with van der Waals surface area (Å²) in [4.78, 5) is 0. The van der Waals surface area contributed by atoms with Crippen molar-refractivity contribution < 1.29 is 13.2 Å². The first kappa shape index (κ1) is 14.4. The van der Waals surface area contributed by atoms with Crippen molar-refractivity contribution in [2.24, 2.45) is 5.92 Å². The van der Waals surface area contributed by atoms with Crippen LogP contribution in [0.5, 0.6) is 0 Å². The third kappa shape index (κ3) is 2.96. The van der Waals surface area contributed by atoms with E-state index in [1.165, 1.54) is 13.3 Å². The number of halogens is 3. The molecule has 0 heterocycles. The third-order valence-corrected chi connectivity index (χ3v) is 4.33. The largest absolute Gasteiger partial charge is 0.207 e. The summed E-state index contributed by atoms with van der Waals surface area (Å²) in [5.74, 6) is -1.95. The van der Waals surface area contributed by atoms with E-state index < -0.39 is 17.5 Å². The maximum Gasteiger partial charge on any atom is 0.165 e. The van der Waals surface area contributed by atoms with Gasteiger partial charge in [-0.15, -0.1) is 0 Å². The molecule has 0 N–H and O–H groups in total. The Labute approximate surface area is 113 Å². The van der Waals surface area contributed by atoms with Gasteiger partial charge in [0.05, 0.1) is 0 Å². The van der Waals surface area contributed by atoms with Gasteiger partial charge >= 0.3 is 0 Å². The molecule has 1 aromatic carbocycles. The van der Waals surface area contributed by atoms with Crippen LogP contribution in [0.4, 0.5) is 13.2 Å². The van der Waals surface area contributed by atoms with Crippen LogP contribution < -0.4 is 0 Å². The second kappa shape index (κ2) is 5.98. The van der Waals surface area contributed by atoms with E-state index >= 15 is 0 Å². The average Bonchev–Trinajstić information content (AvgIpc) is 2.38. The van der Waals surface area contributed by atoms with Crippen molar-refractivity contribution in [1.29, 1.82) is 0 Å². The van der Waals surface area contributed by atoms with Crippen molar-refractivity contribution in [3.05, 3.63) is 34.6 Å². The monoisotopic (exact) mass is 270 g/mol. The second-order valence-corrected chi connectivity index (χ2v) is 5.72. The highest BCUT2D eigenvalue weighted by Crippen LogP contribution is 2.40. The lowest BCUT2D eigenvalue weighted by molar-refractivity contribution is 0.297. The van der Waals surface area contributed by atoms with Crippen molar-refractivity contribution in [3.63, 3.8) is 0 Å². The third-order valence-electron chi connectivity index (χ3n) is 4.33. The Hall–Kier alpha value is -0.990. The van der Waals surface area contributed by atoms with Crippen LogP contribution >= 0.6 is 0 Å². The van der Waals surface area contributed by atoms with E-state index in [9.17, 15) is 13.2 Å². The SMILES string of the molecule is CCCC1CCC(c2c(F)cc(C)c(F)c2F)CC1. The van der Waals surface area contributed by atoms with Crippen molar-refractivity contribution >= 4 is 0 Å². The number of hydrogen-bond donors (Lipinski definition) is 0. The highest BCUT2D eigenvalue weighted by molar-refractivity contribution is 5.30. The fraction of sp³-hybridized carbons (Fsp3) is 0.625. The van der Waals surface area contributed by atoms with E-state index in [-0.39, 0.29) is 17.0 Å². The molecule has 0 radical (unpaired) electrons. The molecule has 0 bridgehead atoms. The lowest BCUT2D eigenvalue weighted by Gasteiger charge is -2.29. The lowest BCUT2D eigenvalue weighted by atomic mass is 9.77. The maximum absolute atomic E-state index is 13.9. The van der Waals surface area contributed by atoms with Crippen molar-refractivity contribution in [2.75, 3.05) is 0 Å². The highest BCUT2D eigenvalue weighted by atomic mass is 19.2. The van der Waals surface area contributed by atoms with E-state index in [1.807, 2.05) is 0 Å². The Morgan fingerprint density at radius 3 is 2.26 bits per heavy atom. The molecule has 1 fully saturated rings. The van der Waals surface area contributed by atoms with Crippen molar-refractivity contribution in [2.45, 2.75) is 58.3 Å². The molecule has 106 valence electrons. The smallest absolute Gasteiger partial charge is 0.165 e. The minimum Gasteiger partial charge on any atom is -0.207 e. The zero-order chi connectivity index (χ0) is 14.0. The molecule has 3 heteroatoms. The first-order valence-electron chi connectivity index (χ1n) is 7.18. The Bertz CT molecular complexity index is 446. The summed E-state index contributed by atoms with van der Waals surface area (Å²) in [5, 5.41) is 0. The fourth-order valence-electron chi connectivity index (χ4n) is 3.25. The molecule has 1 aliphatic carbocycles. The van der Waals surface area contributed by atoms with E-state index in [4.69, 9.17) is 0 Å². The zero-order valence-electron chi connectivity index (χ0n) is 11.6. The first-order valence-corrected chi connectivity index (χ1v) is 7.18. The van der Waals surface area contributed by atoms with Crippen LogP contribution in [-0.2, 0) is 0 Å². The van der Waals surface area contributed by atoms with Gasteiger partial charge in [-0.05, 0) is 56.1 Å². The molecule has 1 saturated carbocycles. The summed E-state index contributed by atoms with van der Waals surface area (Å²) in [6, 6.07) is 1.12. The molecule has 0 unspecified atom stereocenters. The Morgan fingerprint density at radius 1 is 1.05 bits per heavy atom. The van der Waals surface area contributed by atoms with E-state index in [2.05, 4.69) is 6.92 Å². The second-order valence-electron chi connectivity index (χ2n) is 5.72. The number of aryl methyl sites for hydroxylation is 1. The maximum atomic E-state index is 13.9. The molecular weight excluding hydrogens is 249 g/mol. The Morgan fingerprint density at radius 2 is 1.68 bits per heavy atom. The molecule has 0 atom stereocenters. The first-order chi connectivity index (χ1) is 9.04. The predicted octanol–water partition coefficient (Wildman–Crippen LogP) is 5.49. The Balaban J connectivity index is 2.18. The van der Waals surface area contributed by atoms with Crippen LogP contribution in [0.1, 0.15) is 62.5 Å². The fourth-order valence-corrected chi connectivity index (χ4v) is 3.25. The zero-order valence-corrected chi connectivity index (χ0v) is 11.6. The van der Waals surface area contributed by atoms with Gasteiger partial charge in [0.2, 0.25) is 0 Å². The van der Waals surface area contributed by atoms with Gasteiger partial charge < -0.3 is 0 Å². The number of benzene rings is 1. The molecule has 0 nitrogen and oxygen atoms in total. The van der Waals surface area contributed by atoms with E-state index in [1.54, 1.807) is 0 Å². The molecule has 0 saturated heterocycles. The summed E-state index contributed by atoms with van der Waals surface area (Å²) in [5.41, 5.74) is 0.0106. The standard InChI is InChI=1S/C16H21F3/c1-3-4-11-5-7-12(8-6-11)14-13(17)9-10(2)15(18)16(14)19/h9,11-12H,3-8H2,1-2H3. The molecule has 0 aromatic heterocycles. The van der Waals surface area contributed by atoms with Gasteiger partial charge in [-0.2, -0.15) is 0 Å². The number of hydrogen-bond acceptors (Lipinski definition) is 0. The topological polar surface area (TPSA) is 0 Å². The minimum atomic E-state index is -0.976. The summed E-state index contributed by atoms with van der Waals surface area (Å²) < 4.78 is 41.4. The molecule has 0 amide bonds. The summed E-state index contributed by atoms with van der Waals surface area (Å²) in [6.45, 7) is 3.55. The van der Waals surface area contributed by atoms with Gasteiger partial charge in [0.1, 0.15) is 5.82 Å². The van der Waals surface area contributed by atoms with Gasteiger partial charge in [-0.3, -0.25) is 0 Å². The van der Waals surface area contributed by atoms with Crippen LogP contribution in [0.3, 0.4) is 0 Å². The van der Waals surface area contributed by atoms with Gasteiger partial charge in [-0.1, -0.05) is 19.8 Å². The molecule has 0 spiro atoms. The molecule has 1 aromatic rings. The lowest BCUT2D eigenvalue weighted by Crippen LogP contribution is -2.16. The van der Waals surface area contributed by atoms with Crippen molar-refractivity contribution in [3.8, 4) is 0 Å². The van der Waals surface area contributed by atoms with E-state index in [0.29, 0.717) is 5.92 Å². The molecule has 1 aliphatic rings. The van der Waals surface area contributed by atoms with Gasteiger partial charge in [0, 0.05) is 5.56 Å². The molecular formula is C16H21F3. The van der Waals surface area contributed by atoms with Crippen LogP contribution in [0, 0.1) is 30.3 Å². The average molecular weight is 270 g/mol. The normalized spacial score (nSPS) is 23.6. The van der Waals surface area contributed by atoms with Crippen LogP contribution in [-0.4, -0.2) is 0 Å². The summed E-state index contributed by atoms with van der Waals surface area (Å²) >= 11 is 0. The quantitative estimate of drug-likeness (QED) is 0.637. The highest BCUT2D eigenvalue weighted by Gasteiger charge is 2.28. The minimum absolute atomic E-state index is 0.0296. The van der Waals surface area contributed by atoms with Gasteiger partial charge in [-0.25, -0.2) is 13.2 Å². The summed E-state index contributed by atoms with van der Waals surface area (Å²) in [7, 11) is 0. The molecule has 0 aliphatic heterocycles. The summed E-state index contributed by atoms with van der Waals surface area (Å²) in [6.07, 6.45) is 5.85. The number of rotatable bonds is 3. The van der Waals surface area contributed by atoms with Gasteiger partial charge in [0.15, 0.2) is 11.6 Å².